The number of anilines is 1. The Labute approximate surface area is 150 Å². The Morgan fingerprint density at radius 3 is 2.50 bits per heavy atom. The molecule has 0 aliphatic rings. The molecule has 0 atom stereocenters. The van der Waals surface area contributed by atoms with Crippen LogP contribution in [0.4, 0.5) is 10.1 Å². The van der Waals surface area contributed by atoms with E-state index < -0.39 is 11.7 Å². The number of unbranched alkanes of at least 4 members (excludes halogenated alkanes) is 2. The van der Waals surface area contributed by atoms with Gasteiger partial charge in [-0.2, -0.15) is 5.10 Å². The van der Waals surface area contributed by atoms with E-state index in [4.69, 9.17) is 0 Å². The number of amides is 1. The third-order valence-corrected chi connectivity index (χ3v) is 4.18. The topological polar surface area (TPSA) is 64.0 Å². The molecule has 1 heterocycles. The van der Waals surface area contributed by atoms with Gasteiger partial charge in [-0.25, -0.2) is 9.07 Å². The molecule has 0 saturated carbocycles. The fraction of sp³-hybridized carbons (Fsp3) is 0.250. The number of halogens is 1. The van der Waals surface area contributed by atoms with Crippen LogP contribution in [-0.2, 0) is 6.54 Å². The summed E-state index contributed by atoms with van der Waals surface area (Å²) in [5, 5.41) is 7.69. The average molecular weight is 353 g/mol. The van der Waals surface area contributed by atoms with Gasteiger partial charge in [0.25, 0.3) is 11.5 Å². The summed E-state index contributed by atoms with van der Waals surface area (Å²) >= 11 is 0. The highest BCUT2D eigenvalue weighted by molar-refractivity contribution is 6.11. The van der Waals surface area contributed by atoms with E-state index in [0.717, 1.165) is 19.3 Å². The van der Waals surface area contributed by atoms with Gasteiger partial charge in [0, 0.05) is 11.9 Å². The van der Waals surface area contributed by atoms with E-state index in [2.05, 4.69) is 17.3 Å². The van der Waals surface area contributed by atoms with Gasteiger partial charge in [0.15, 0.2) is 5.69 Å². The van der Waals surface area contributed by atoms with Crippen molar-refractivity contribution < 1.29 is 9.18 Å². The molecular weight excluding hydrogens is 333 g/mol. The zero-order valence-corrected chi connectivity index (χ0v) is 14.5. The maximum Gasteiger partial charge on any atom is 0.276 e. The van der Waals surface area contributed by atoms with E-state index in [1.807, 2.05) is 0 Å². The lowest BCUT2D eigenvalue weighted by atomic mass is 10.1. The van der Waals surface area contributed by atoms with Gasteiger partial charge in [-0.15, -0.1) is 0 Å². The smallest absolute Gasteiger partial charge is 0.276 e. The summed E-state index contributed by atoms with van der Waals surface area (Å²) in [6.07, 6.45) is 2.79. The van der Waals surface area contributed by atoms with Crippen LogP contribution in [0.25, 0.3) is 10.8 Å². The molecule has 3 aromatic rings. The fourth-order valence-corrected chi connectivity index (χ4v) is 2.81. The predicted molar refractivity (Wildman–Crippen MR) is 99.9 cm³/mol. The lowest BCUT2D eigenvalue weighted by Crippen LogP contribution is -2.28. The first kappa shape index (κ1) is 17.8. The molecule has 0 fully saturated rings. The molecule has 6 heteroatoms. The molecule has 0 spiro atoms. The summed E-state index contributed by atoms with van der Waals surface area (Å²) in [4.78, 5) is 25.3. The second-order valence-corrected chi connectivity index (χ2v) is 6.06. The number of carbonyl (C=O) groups excluding carboxylic acids is 1. The first-order chi connectivity index (χ1) is 12.6. The molecule has 0 aliphatic heterocycles. The van der Waals surface area contributed by atoms with Crippen molar-refractivity contribution in [1.29, 1.82) is 0 Å². The van der Waals surface area contributed by atoms with Gasteiger partial charge in [-0.1, -0.05) is 50.1 Å². The number of hydrogen-bond donors (Lipinski definition) is 1. The number of benzene rings is 2. The van der Waals surface area contributed by atoms with Crippen molar-refractivity contribution in [3.63, 3.8) is 0 Å². The Morgan fingerprint density at radius 1 is 1.08 bits per heavy atom. The molecule has 0 unspecified atom stereocenters. The number of aryl methyl sites for hydroxylation is 1. The molecule has 0 bridgehead atoms. The lowest BCUT2D eigenvalue weighted by molar-refractivity contribution is 0.102. The van der Waals surface area contributed by atoms with Gasteiger partial charge < -0.3 is 5.32 Å². The van der Waals surface area contributed by atoms with Crippen LogP contribution in [0.5, 0.6) is 0 Å². The maximum atomic E-state index is 13.8. The summed E-state index contributed by atoms with van der Waals surface area (Å²) in [5.74, 6) is -1.07. The Hall–Kier alpha value is -3.02. The second-order valence-electron chi connectivity index (χ2n) is 6.06. The van der Waals surface area contributed by atoms with Gasteiger partial charge in [0.05, 0.1) is 11.1 Å². The molecule has 2 aromatic carbocycles. The van der Waals surface area contributed by atoms with Gasteiger partial charge in [-0.05, 0) is 24.6 Å². The van der Waals surface area contributed by atoms with Crippen molar-refractivity contribution in [3.05, 3.63) is 70.4 Å². The van der Waals surface area contributed by atoms with Crippen molar-refractivity contribution in [2.45, 2.75) is 32.7 Å². The minimum absolute atomic E-state index is 0.0760. The van der Waals surface area contributed by atoms with Gasteiger partial charge in [0.1, 0.15) is 5.82 Å². The van der Waals surface area contributed by atoms with E-state index in [-0.39, 0.29) is 16.9 Å². The Balaban J connectivity index is 2.03. The molecule has 0 saturated heterocycles. The SMILES string of the molecule is CCCCCn1nc(C(=O)Nc2ccccc2F)c2ccccc2c1=O. The van der Waals surface area contributed by atoms with Crippen LogP contribution in [0.15, 0.2) is 53.3 Å². The molecule has 0 aliphatic carbocycles. The Kier molecular flexibility index (Phi) is 5.41. The first-order valence-electron chi connectivity index (χ1n) is 8.67. The van der Waals surface area contributed by atoms with Crippen LogP contribution in [-0.4, -0.2) is 15.7 Å². The van der Waals surface area contributed by atoms with Crippen LogP contribution in [0.2, 0.25) is 0 Å². The number of carbonyl (C=O) groups is 1. The van der Waals surface area contributed by atoms with E-state index in [1.54, 1.807) is 36.4 Å². The maximum absolute atomic E-state index is 13.8. The van der Waals surface area contributed by atoms with Crippen LogP contribution in [0.1, 0.15) is 36.7 Å². The number of nitrogens with one attached hydrogen (secondary N) is 1. The van der Waals surface area contributed by atoms with Gasteiger partial charge >= 0.3 is 0 Å². The molecule has 3 rings (SSSR count). The molecule has 1 amide bonds. The van der Waals surface area contributed by atoms with Crippen LogP contribution < -0.4 is 10.9 Å². The fourth-order valence-electron chi connectivity index (χ4n) is 2.81. The Bertz CT molecular complexity index is 998. The predicted octanol–water partition coefficient (Wildman–Crippen LogP) is 3.98. The van der Waals surface area contributed by atoms with Gasteiger partial charge in [-0.3, -0.25) is 9.59 Å². The van der Waals surface area contributed by atoms with Crippen LogP contribution in [0.3, 0.4) is 0 Å². The van der Waals surface area contributed by atoms with Crippen molar-refractivity contribution in [2.24, 2.45) is 0 Å². The quantitative estimate of drug-likeness (QED) is 0.682. The molecule has 1 aromatic heterocycles. The monoisotopic (exact) mass is 353 g/mol. The third-order valence-electron chi connectivity index (χ3n) is 4.18. The summed E-state index contributed by atoms with van der Waals surface area (Å²) in [5.41, 5.74) is -0.0359. The number of rotatable bonds is 6. The van der Waals surface area contributed by atoms with Crippen molar-refractivity contribution in [2.75, 3.05) is 5.32 Å². The molecule has 5 nitrogen and oxygen atoms in total. The van der Waals surface area contributed by atoms with Gasteiger partial charge in [0.2, 0.25) is 0 Å². The number of fused-ring (bicyclic) bond motifs is 1. The minimum Gasteiger partial charge on any atom is -0.318 e. The molecule has 134 valence electrons. The zero-order chi connectivity index (χ0) is 18.5. The van der Waals surface area contributed by atoms with E-state index in [9.17, 15) is 14.0 Å². The zero-order valence-electron chi connectivity index (χ0n) is 14.5. The van der Waals surface area contributed by atoms with E-state index >= 15 is 0 Å². The largest absolute Gasteiger partial charge is 0.318 e. The Morgan fingerprint density at radius 2 is 1.77 bits per heavy atom. The minimum atomic E-state index is -0.546. The number of para-hydroxylation sites is 1. The normalized spacial score (nSPS) is 10.8. The second kappa shape index (κ2) is 7.91. The summed E-state index contributed by atoms with van der Waals surface area (Å²) in [7, 11) is 0. The summed E-state index contributed by atoms with van der Waals surface area (Å²) in [6.45, 7) is 2.52. The summed E-state index contributed by atoms with van der Waals surface area (Å²) < 4.78 is 15.2. The molecular formula is C20H20FN3O2. The van der Waals surface area contributed by atoms with E-state index in [0.29, 0.717) is 17.3 Å². The highest BCUT2D eigenvalue weighted by Crippen LogP contribution is 2.17. The van der Waals surface area contributed by atoms with Crippen LogP contribution in [0, 0.1) is 5.82 Å². The molecule has 26 heavy (non-hydrogen) atoms. The van der Waals surface area contributed by atoms with Crippen molar-refractivity contribution in [1.82, 2.24) is 9.78 Å². The van der Waals surface area contributed by atoms with Crippen molar-refractivity contribution >= 4 is 22.4 Å². The van der Waals surface area contributed by atoms with E-state index in [1.165, 1.54) is 16.8 Å². The standard InChI is InChI=1S/C20H20FN3O2/c1-2-3-8-13-24-20(26)15-10-5-4-9-14(15)18(23-24)19(25)22-17-12-7-6-11-16(17)21/h4-7,9-12H,2-3,8,13H2,1H3,(H,22,25). The highest BCUT2D eigenvalue weighted by atomic mass is 19.1. The van der Waals surface area contributed by atoms with Crippen LogP contribution >= 0.6 is 0 Å². The first-order valence-corrected chi connectivity index (χ1v) is 8.67. The number of nitrogens with zero attached hydrogens (tertiary/aromatic N) is 2. The molecule has 0 radical (unpaired) electrons. The van der Waals surface area contributed by atoms with Crippen molar-refractivity contribution in [3.8, 4) is 0 Å². The number of hydrogen-bond acceptors (Lipinski definition) is 3. The summed E-state index contributed by atoms with van der Waals surface area (Å²) in [6, 6.07) is 12.8. The average Bonchev–Trinajstić information content (AvgIpc) is 2.65. The lowest BCUT2D eigenvalue weighted by Gasteiger charge is -2.11. The highest BCUT2D eigenvalue weighted by Gasteiger charge is 2.17. The third kappa shape index (κ3) is 3.64. The number of aromatic nitrogens is 2. The molecule has 1 N–H and O–H groups in total.